The van der Waals surface area contributed by atoms with E-state index in [0.29, 0.717) is 6.04 Å². The number of halogens is 1. The molecule has 1 aromatic rings. The van der Waals surface area contributed by atoms with Gasteiger partial charge in [0.05, 0.1) is 11.6 Å². The Morgan fingerprint density at radius 1 is 1.30 bits per heavy atom. The summed E-state index contributed by atoms with van der Waals surface area (Å²) in [6.45, 7) is 7.06. The van der Waals surface area contributed by atoms with Crippen molar-refractivity contribution in [1.29, 1.82) is 0 Å². The molecule has 0 aliphatic heterocycles. The largest absolute Gasteiger partial charge is 0.495 e. The van der Waals surface area contributed by atoms with Crippen molar-refractivity contribution in [2.24, 2.45) is 17.8 Å². The lowest BCUT2D eigenvalue weighted by molar-refractivity contribution is 0.212. The number of anilines is 1. The quantitative estimate of drug-likeness (QED) is 0.800. The van der Waals surface area contributed by atoms with E-state index in [1.165, 1.54) is 19.3 Å². The molecule has 0 radical (unpaired) electrons. The third-order valence-electron chi connectivity index (χ3n) is 4.53. The fraction of sp³-hybridized carbons (Fsp3) is 0.647. The van der Waals surface area contributed by atoms with E-state index in [0.717, 1.165) is 33.7 Å². The van der Waals surface area contributed by atoms with Crippen LogP contribution in [-0.4, -0.2) is 13.2 Å². The average Bonchev–Trinajstić information content (AvgIpc) is 2.40. The van der Waals surface area contributed by atoms with Crippen LogP contribution in [0, 0.1) is 17.8 Å². The number of nitrogens with one attached hydrogen (secondary N) is 1. The predicted molar refractivity (Wildman–Crippen MR) is 89.4 cm³/mol. The number of methoxy groups -OCH3 is 1. The number of benzene rings is 1. The lowest BCUT2D eigenvalue weighted by Crippen LogP contribution is -2.37. The van der Waals surface area contributed by atoms with Crippen LogP contribution in [0.1, 0.15) is 40.0 Å². The van der Waals surface area contributed by atoms with Gasteiger partial charge in [0, 0.05) is 17.8 Å². The summed E-state index contributed by atoms with van der Waals surface area (Å²) in [5, 5.41) is 3.74. The van der Waals surface area contributed by atoms with Crippen LogP contribution >= 0.6 is 15.9 Å². The average molecular weight is 340 g/mol. The van der Waals surface area contributed by atoms with Gasteiger partial charge in [0.15, 0.2) is 0 Å². The summed E-state index contributed by atoms with van der Waals surface area (Å²) in [4.78, 5) is 0. The van der Waals surface area contributed by atoms with Crippen LogP contribution in [-0.2, 0) is 0 Å². The lowest BCUT2D eigenvalue weighted by atomic mass is 9.74. The van der Waals surface area contributed by atoms with Crippen LogP contribution in [0.3, 0.4) is 0 Å². The highest BCUT2D eigenvalue weighted by atomic mass is 79.9. The van der Waals surface area contributed by atoms with E-state index in [4.69, 9.17) is 4.74 Å². The van der Waals surface area contributed by atoms with Gasteiger partial charge in [0.25, 0.3) is 0 Å². The van der Waals surface area contributed by atoms with Crippen molar-refractivity contribution in [2.45, 2.75) is 46.1 Å². The van der Waals surface area contributed by atoms with Crippen molar-refractivity contribution in [2.75, 3.05) is 12.4 Å². The second-order valence-electron chi connectivity index (χ2n) is 6.43. The third-order valence-corrected chi connectivity index (χ3v) is 5.18. The zero-order valence-electron chi connectivity index (χ0n) is 12.9. The molecule has 1 saturated carbocycles. The van der Waals surface area contributed by atoms with E-state index >= 15 is 0 Å². The molecule has 20 heavy (non-hydrogen) atoms. The molecule has 1 N–H and O–H groups in total. The Hall–Kier alpha value is -0.700. The Bertz CT molecular complexity index is 447. The number of ether oxygens (including phenoxy) is 1. The van der Waals surface area contributed by atoms with Gasteiger partial charge in [-0.25, -0.2) is 0 Å². The number of hydrogen-bond acceptors (Lipinski definition) is 2. The molecule has 1 fully saturated rings. The highest BCUT2D eigenvalue weighted by molar-refractivity contribution is 9.10. The van der Waals surface area contributed by atoms with E-state index < -0.39 is 0 Å². The maximum atomic E-state index is 5.38. The maximum Gasteiger partial charge on any atom is 0.135 e. The Morgan fingerprint density at radius 2 is 2.05 bits per heavy atom. The number of rotatable bonds is 4. The van der Waals surface area contributed by atoms with E-state index in [-0.39, 0.29) is 0 Å². The fourth-order valence-electron chi connectivity index (χ4n) is 3.33. The molecule has 3 unspecified atom stereocenters. The van der Waals surface area contributed by atoms with Crippen molar-refractivity contribution in [3.05, 3.63) is 22.7 Å². The first-order chi connectivity index (χ1) is 9.51. The van der Waals surface area contributed by atoms with Crippen LogP contribution in [0.2, 0.25) is 0 Å². The molecular formula is C17H26BrNO. The Labute approximate surface area is 131 Å². The van der Waals surface area contributed by atoms with Gasteiger partial charge >= 0.3 is 0 Å². The zero-order chi connectivity index (χ0) is 14.7. The van der Waals surface area contributed by atoms with Gasteiger partial charge in [0.1, 0.15) is 5.75 Å². The standard InChI is InChI=1S/C17H26BrNO/c1-11(2)14-7-5-12(3)9-16(14)19-13-6-8-15(18)17(10-13)20-4/h6,8,10-12,14,16,19H,5,7,9H2,1-4H3. The van der Waals surface area contributed by atoms with E-state index in [1.807, 2.05) is 0 Å². The van der Waals surface area contributed by atoms with Crippen molar-refractivity contribution in [3.63, 3.8) is 0 Å². The first kappa shape index (κ1) is 15.7. The molecule has 1 aliphatic carbocycles. The molecule has 0 amide bonds. The monoisotopic (exact) mass is 339 g/mol. The summed E-state index contributed by atoms with van der Waals surface area (Å²) in [5.74, 6) is 3.21. The second-order valence-corrected chi connectivity index (χ2v) is 7.28. The molecule has 3 atom stereocenters. The van der Waals surface area contributed by atoms with Gasteiger partial charge in [-0.1, -0.05) is 27.2 Å². The summed E-state index contributed by atoms with van der Waals surface area (Å²) in [6, 6.07) is 6.84. The van der Waals surface area contributed by atoms with Crippen molar-refractivity contribution in [1.82, 2.24) is 0 Å². The van der Waals surface area contributed by atoms with E-state index in [1.54, 1.807) is 7.11 Å². The smallest absolute Gasteiger partial charge is 0.135 e. The molecule has 1 aliphatic rings. The van der Waals surface area contributed by atoms with Crippen LogP contribution in [0.15, 0.2) is 22.7 Å². The summed E-state index contributed by atoms with van der Waals surface area (Å²) in [7, 11) is 1.71. The minimum atomic E-state index is 0.574. The van der Waals surface area contributed by atoms with Gasteiger partial charge in [-0.2, -0.15) is 0 Å². The first-order valence-electron chi connectivity index (χ1n) is 7.61. The predicted octanol–water partition coefficient (Wildman–Crippen LogP) is 5.33. The second kappa shape index (κ2) is 6.84. The third kappa shape index (κ3) is 3.69. The van der Waals surface area contributed by atoms with Crippen LogP contribution in [0.4, 0.5) is 5.69 Å². The summed E-state index contributed by atoms with van der Waals surface area (Å²) in [6.07, 6.45) is 3.97. The van der Waals surface area contributed by atoms with Gasteiger partial charge in [-0.3, -0.25) is 0 Å². The molecule has 2 nitrogen and oxygen atoms in total. The molecule has 0 heterocycles. The van der Waals surface area contributed by atoms with Crippen molar-refractivity contribution < 1.29 is 4.74 Å². The van der Waals surface area contributed by atoms with Crippen molar-refractivity contribution >= 4 is 21.6 Å². The molecule has 0 aromatic heterocycles. The normalized spacial score (nSPS) is 26.6. The highest BCUT2D eigenvalue weighted by Crippen LogP contribution is 2.36. The van der Waals surface area contributed by atoms with Crippen LogP contribution in [0.5, 0.6) is 5.75 Å². The van der Waals surface area contributed by atoms with Gasteiger partial charge < -0.3 is 10.1 Å². The highest BCUT2D eigenvalue weighted by Gasteiger charge is 2.30. The van der Waals surface area contributed by atoms with Gasteiger partial charge in [0.2, 0.25) is 0 Å². The van der Waals surface area contributed by atoms with Gasteiger partial charge in [-0.05, 0) is 58.7 Å². The number of hydrogen-bond donors (Lipinski definition) is 1. The maximum absolute atomic E-state index is 5.38. The Morgan fingerprint density at radius 3 is 2.70 bits per heavy atom. The molecule has 1 aromatic carbocycles. The minimum absolute atomic E-state index is 0.574. The summed E-state index contributed by atoms with van der Waals surface area (Å²) in [5.41, 5.74) is 1.16. The molecule has 0 saturated heterocycles. The minimum Gasteiger partial charge on any atom is -0.495 e. The fourth-order valence-corrected chi connectivity index (χ4v) is 3.74. The van der Waals surface area contributed by atoms with Crippen LogP contribution < -0.4 is 10.1 Å². The van der Waals surface area contributed by atoms with E-state index in [9.17, 15) is 0 Å². The molecule has 2 rings (SSSR count). The molecular weight excluding hydrogens is 314 g/mol. The first-order valence-corrected chi connectivity index (χ1v) is 8.40. The molecule has 0 bridgehead atoms. The van der Waals surface area contributed by atoms with Crippen molar-refractivity contribution in [3.8, 4) is 5.75 Å². The Balaban J connectivity index is 2.13. The van der Waals surface area contributed by atoms with E-state index in [2.05, 4.69) is 60.2 Å². The van der Waals surface area contributed by atoms with Gasteiger partial charge in [-0.15, -0.1) is 0 Å². The summed E-state index contributed by atoms with van der Waals surface area (Å²) >= 11 is 3.51. The molecule has 3 heteroatoms. The van der Waals surface area contributed by atoms with Crippen LogP contribution in [0.25, 0.3) is 0 Å². The SMILES string of the molecule is COc1cc(NC2CC(C)CCC2C(C)C)ccc1Br. The lowest BCUT2D eigenvalue weighted by Gasteiger charge is -2.38. The Kier molecular flexibility index (Phi) is 5.36. The zero-order valence-corrected chi connectivity index (χ0v) is 14.5. The topological polar surface area (TPSA) is 21.3 Å². The molecule has 0 spiro atoms. The summed E-state index contributed by atoms with van der Waals surface area (Å²) < 4.78 is 6.39. The molecule has 112 valence electrons.